The SMILES string of the molecule is Cc1cnc(-n2nc3c(C)cnc[n+]3n2)cn1. The van der Waals surface area contributed by atoms with Crippen LogP contribution in [0.1, 0.15) is 11.3 Å². The summed E-state index contributed by atoms with van der Waals surface area (Å²) in [6.07, 6.45) is 6.67. The van der Waals surface area contributed by atoms with Crippen molar-refractivity contribution in [1.82, 2.24) is 30.1 Å². The number of nitrogens with zero attached hydrogens (tertiary/aromatic N) is 7. The second-order valence-electron chi connectivity index (χ2n) is 3.74. The van der Waals surface area contributed by atoms with Gasteiger partial charge in [0.15, 0.2) is 0 Å². The van der Waals surface area contributed by atoms with Gasteiger partial charge in [-0.3, -0.25) is 4.98 Å². The van der Waals surface area contributed by atoms with Crippen LogP contribution >= 0.6 is 0 Å². The van der Waals surface area contributed by atoms with Gasteiger partial charge in [-0.1, -0.05) is 4.52 Å². The molecule has 0 saturated heterocycles. The molecule has 0 aliphatic carbocycles. The summed E-state index contributed by atoms with van der Waals surface area (Å²) in [5, 5.41) is 8.57. The van der Waals surface area contributed by atoms with Crippen LogP contribution in [0.5, 0.6) is 0 Å². The number of aromatic nitrogens is 7. The van der Waals surface area contributed by atoms with E-state index in [9.17, 15) is 0 Å². The monoisotopic (exact) mass is 228 g/mol. The molecule has 7 nitrogen and oxygen atoms in total. The lowest BCUT2D eigenvalue weighted by Crippen LogP contribution is -2.25. The van der Waals surface area contributed by atoms with E-state index in [2.05, 4.69) is 25.3 Å². The number of tetrazole rings is 1. The second-order valence-corrected chi connectivity index (χ2v) is 3.74. The average molecular weight is 228 g/mol. The predicted molar refractivity (Wildman–Crippen MR) is 57.4 cm³/mol. The molecule has 0 spiro atoms. The molecule has 0 aliphatic heterocycles. The molecule has 0 radical (unpaired) electrons. The van der Waals surface area contributed by atoms with Crippen molar-refractivity contribution in [1.29, 1.82) is 0 Å². The zero-order chi connectivity index (χ0) is 11.8. The highest BCUT2D eigenvalue weighted by Gasteiger charge is 2.15. The van der Waals surface area contributed by atoms with E-state index in [0.29, 0.717) is 5.82 Å². The first-order valence-corrected chi connectivity index (χ1v) is 5.13. The summed E-state index contributed by atoms with van der Waals surface area (Å²) in [6, 6.07) is 0. The lowest BCUT2D eigenvalue weighted by Gasteiger charge is -1.91. The standard InChI is InChI=1S/C10H10N7/c1-7-3-11-6-16-10(7)14-17(15-16)9-5-12-8(2)4-13-9/h3-6H,1-2H3/q+1. The average Bonchev–Trinajstić information content (AvgIpc) is 2.75. The molecule has 0 bridgehead atoms. The molecule has 0 atom stereocenters. The van der Waals surface area contributed by atoms with Crippen molar-refractivity contribution in [3.05, 3.63) is 36.2 Å². The van der Waals surface area contributed by atoms with Crippen molar-refractivity contribution in [2.45, 2.75) is 13.8 Å². The Balaban J connectivity index is 2.18. The van der Waals surface area contributed by atoms with Crippen LogP contribution in [-0.4, -0.2) is 30.1 Å². The fourth-order valence-corrected chi connectivity index (χ4v) is 1.48. The van der Waals surface area contributed by atoms with Crippen LogP contribution in [0, 0.1) is 13.8 Å². The minimum absolute atomic E-state index is 0.582. The molecule has 0 unspecified atom stereocenters. The molecular formula is C10H10N7+. The van der Waals surface area contributed by atoms with Gasteiger partial charge in [-0.2, -0.15) is 0 Å². The van der Waals surface area contributed by atoms with Gasteiger partial charge < -0.3 is 0 Å². The van der Waals surface area contributed by atoms with Gasteiger partial charge in [0.1, 0.15) is 0 Å². The van der Waals surface area contributed by atoms with Gasteiger partial charge in [-0.15, -0.1) is 4.98 Å². The first-order chi connectivity index (χ1) is 8.24. The molecule has 0 aromatic carbocycles. The van der Waals surface area contributed by atoms with Crippen LogP contribution in [-0.2, 0) is 0 Å². The number of aryl methyl sites for hydroxylation is 2. The van der Waals surface area contributed by atoms with Gasteiger partial charge in [0, 0.05) is 15.1 Å². The Kier molecular flexibility index (Phi) is 2.04. The Morgan fingerprint density at radius 3 is 2.71 bits per heavy atom. The van der Waals surface area contributed by atoms with E-state index < -0.39 is 0 Å². The maximum atomic E-state index is 4.34. The molecule has 3 rings (SSSR count). The molecule has 3 heterocycles. The Labute approximate surface area is 96.8 Å². The smallest absolute Gasteiger partial charge is 0.255 e. The van der Waals surface area contributed by atoms with Crippen molar-refractivity contribution in [2.75, 3.05) is 0 Å². The fourth-order valence-electron chi connectivity index (χ4n) is 1.48. The largest absolute Gasteiger partial charge is 0.298 e. The minimum Gasteiger partial charge on any atom is -0.255 e. The molecule has 3 aromatic heterocycles. The molecule has 0 N–H and O–H groups in total. The maximum absolute atomic E-state index is 4.34. The minimum atomic E-state index is 0.582. The molecule has 84 valence electrons. The van der Waals surface area contributed by atoms with Gasteiger partial charge in [-0.25, -0.2) is 4.98 Å². The van der Waals surface area contributed by atoms with Crippen LogP contribution in [0.4, 0.5) is 0 Å². The number of rotatable bonds is 1. The zero-order valence-electron chi connectivity index (χ0n) is 9.44. The van der Waals surface area contributed by atoms with E-state index in [1.165, 1.54) is 4.80 Å². The quantitative estimate of drug-likeness (QED) is 0.540. The van der Waals surface area contributed by atoms with Gasteiger partial charge in [0.05, 0.1) is 29.8 Å². The van der Waals surface area contributed by atoms with Gasteiger partial charge in [0.25, 0.3) is 11.5 Å². The first kappa shape index (κ1) is 9.76. The Bertz CT molecular complexity index is 671. The zero-order valence-corrected chi connectivity index (χ0v) is 9.44. The summed E-state index contributed by atoms with van der Waals surface area (Å²) in [4.78, 5) is 13.9. The summed E-state index contributed by atoms with van der Waals surface area (Å²) in [7, 11) is 0. The molecule has 0 saturated carbocycles. The summed E-state index contributed by atoms with van der Waals surface area (Å²) in [5.41, 5.74) is 2.57. The van der Waals surface area contributed by atoms with Crippen molar-refractivity contribution in [2.24, 2.45) is 0 Å². The number of hydrogen-bond acceptors (Lipinski definition) is 5. The summed E-state index contributed by atoms with van der Waals surface area (Å²) in [6.45, 7) is 3.81. The van der Waals surface area contributed by atoms with E-state index >= 15 is 0 Å². The van der Waals surface area contributed by atoms with Crippen LogP contribution in [0.3, 0.4) is 0 Å². The predicted octanol–water partition coefficient (Wildman–Crippen LogP) is -0.192. The van der Waals surface area contributed by atoms with E-state index in [1.54, 1.807) is 29.4 Å². The second kappa shape index (κ2) is 3.55. The van der Waals surface area contributed by atoms with E-state index in [1.807, 2.05) is 13.8 Å². The third-order valence-electron chi connectivity index (χ3n) is 2.36. The third kappa shape index (κ3) is 1.61. The molecular weight excluding hydrogens is 218 g/mol. The van der Waals surface area contributed by atoms with Crippen LogP contribution in [0.15, 0.2) is 24.9 Å². The van der Waals surface area contributed by atoms with Crippen LogP contribution in [0.2, 0.25) is 0 Å². The summed E-state index contributed by atoms with van der Waals surface area (Å²) in [5.74, 6) is 0.582. The first-order valence-electron chi connectivity index (χ1n) is 5.13. The highest BCUT2D eigenvalue weighted by molar-refractivity contribution is 5.35. The Hall–Kier alpha value is -2.44. The third-order valence-corrected chi connectivity index (χ3v) is 2.36. The summed E-state index contributed by atoms with van der Waals surface area (Å²) < 4.78 is 1.61. The fraction of sp³-hybridized carbons (Fsp3) is 0.200. The molecule has 3 aromatic rings. The Morgan fingerprint density at radius 2 is 2.00 bits per heavy atom. The maximum Gasteiger partial charge on any atom is 0.298 e. The normalized spacial score (nSPS) is 10.9. The summed E-state index contributed by atoms with van der Waals surface area (Å²) >= 11 is 0. The topological polar surface area (TPSA) is 73.5 Å². The molecule has 7 heteroatoms. The van der Waals surface area contributed by atoms with Crippen molar-refractivity contribution < 1.29 is 4.52 Å². The van der Waals surface area contributed by atoms with Crippen LogP contribution in [0.25, 0.3) is 11.5 Å². The molecule has 17 heavy (non-hydrogen) atoms. The Morgan fingerprint density at radius 1 is 1.12 bits per heavy atom. The van der Waals surface area contributed by atoms with Crippen molar-refractivity contribution >= 4 is 5.65 Å². The van der Waals surface area contributed by atoms with Crippen LogP contribution < -0.4 is 4.52 Å². The van der Waals surface area contributed by atoms with Crippen molar-refractivity contribution in [3.8, 4) is 5.82 Å². The van der Waals surface area contributed by atoms with Gasteiger partial charge >= 0.3 is 0 Å². The molecule has 0 aliphatic rings. The molecule has 0 fully saturated rings. The van der Waals surface area contributed by atoms with Crippen molar-refractivity contribution in [3.63, 3.8) is 0 Å². The van der Waals surface area contributed by atoms with E-state index in [4.69, 9.17) is 0 Å². The lowest BCUT2D eigenvalue weighted by atomic mass is 10.4. The highest BCUT2D eigenvalue weighted by Crippen LogP contribution is 2.01. The highest BCUT2D eigenvalue weighted by atomic mass is 15.6. The number of fused-ring (bicyclic) bond motifs is 1. The van der Waals surface area contributed by atoms with Gasteiger partial charge in [0.2, 0.25) is 6.33 Å². The van der Waals surface area contributed by atoms with E-state index in [-0.39, 0.29) is 0 Å². The number of hydrogen-bond donors (Lipinski definition) is 0. The lowest BCUT2D eigenvalue weighted by molar-refractivity contribution is -0.587. The molecule has 0 amide bonds. The van der Waals surface area contributed by atoms with E-state index in [0.717, 1.165) is 16.9 Å². The van der Waals surface area contributed by atoms with Gasteiger partial charge in [-0.05, 0) is 13.8 Å².